The summed E-state index contributed by atoms with van der Waals surface area (Å²) in [7, 11) is -3.58. The van der Waals surface area contributed by atoms with E-state index < -0.39 is 69.8 Å². The van der Waals surface area contributed by atoms with E-state index in [2.05, 4.69) is 20.7 Å². The highest BCUT2D eigenvalue weighted by atomic mass is 32.2. The molecule has 0 heterocycles. The van der Waals surface area contributed by atoms with Gasteiger partial charge >= 0.3 is 6.09 Å². The number of rotatable bonds is 20. The van der Waals surface area contributed by atoms with Crippen molar-refractivity contribution in [2.24, 2.45) is 11.7 Å². The van der Waals surface area contributed by atoms with Gasteiger partial charge in [-0.3, -0.25) is 14.4 Å². The molecule has 5 atom stereocenters. The summed E-state index contributed by atoms with van der Waals surface area (Å²) in [6.45, 7) is 6.48. The Morgan fingerprint density at radius 2 is 1.59 bits per heavy atom. The van der Waals surface area contributed by atoms with Gasteiger partial charge in [0, 0.05) is 25.8 Å². The van der Waals surface area contributed by atoms with Gasteiger partial charge in [-0.05, 0) is 51.5 Å². The van der Waals surface area contributed by atoms with Gasteiger partial charge < -0.3 is 36.6 Å². The second-order valence-corrected chi connectivity index (χ2v) is 15.9. The Hall–Kier alpha value is -3.27. The maximum atomic E-state index is 13.8. The molecule has 1 saturated carbocycles. The average molecular weight is 712 g/mol. The topological polar surface area (TPSA) is 226 Å². The fourth-order valence-electron chi connectivity index (χ4n) is 5.80. The van der Waals surface area contributed by atoms with Crippen molar-refractivity contribution in [3.8, 4) is 0 Å². The van der Waals surface area contributed by atoms with Gasteiger partial charge in [-0.25, -0.2) is 17.9 Å². The number of hydrogen-bond donors (Lipinski definition) is 7. The van der Waals surface area contributed by atoms with Crippen LogP contribution >= 0.6 is 0 Å². The Morgan fingerprint density at radius 1 is 0.959 bits per heavy atom. The van der Waals surface area contributed by atoms with E-state index >= 15 is 0 Å². The highest BCUT2D eigenvalue weighted by molar-refractivity contribution is 7.89. The first-order valence-electron chi connectivity index (χ1n) is 17.2. The van der Waals surface area contributed by atoms with E-state index in [0.29, 0.717) is 12.8 Å². The number of nitrogens with two attached hydrogens (primary N) is 1. The molecule has 278 valence electrons. The van der Waals surface area contributed by atoms with E-state index in [1.54, 1.807) is 52.0 Å². The van der Waals surface area contributed by atoms with Crippen LogP contribution in [-0.4, -0.2) is 90.7 Å². The van der Waals surface area contributed by atoms with E-state index in [4.69, 9.17) is 10.5 Å². The van der Waals surface area contributed by atoms with Gasteiger partial charge in [-0.1, -0.05) is 69.4 Å². The molecule has 8 N–H and O–H groups in total. The summed E-state index contributed by atoms with van der Waals surface area (Å²) in [5.74, 6) is -1.96. The fraction of sp³-hybridized carbons (Fsp3) is 0.706. The molecule has 0 saturated heterocycles. The summed E-state index contributed by atoms with van der Waals surface area (Å²) in [5.41, 5.74) is 5.30. The summed E-state index contributed by atoms with van der Waals surface area (Å²) < 4.78 is 31.8. The minimum absolute atomic E-state index is 0.0823. The molecule has 4 amide bonds. The van der Waals surface area contributed by atoms with Gasteiger partial charge in [0.2, 0.25) is 27.7 Å². The van der Waals surface area contributed by atoms with Crippen LogP contribution in [0.5, 0.6) is 0 Å². The Morgan fingerprint density at radius 3 is 2.18 bits per heavy atom. The van der Waals surface area contributed by atoms with E-state index in [1.165, 1.54) is 0 Å². The highest BCUT2D eigenvalue weighted by Crippen LogP contribution is 2.28. The number of carbonyl (C=O) groups is 4. The second kappa shape index (κ2) is 20.4. The van der Waals surface area contributed by atoms with Gasteiger partial charge in [0.1, 0.15) is 17.7 Å². The van der Waals surface area contributed by atoms with Gasteiger partial charge in [0.15, 0.2) is 0 Å². The molecule has 49 heavy (non-hydrogen) atoms. The quantitative estimate of drug-likeness (QED) is 0.104. The number of aliphatic hydroxyl groups is 2. The fourth-order valence-corrected chi connectivity index (χ4v) is 6.93. The minimum atomic E-state index is -3.58. The molecule has 1 aromatic rings. The molecule has 0 spiro atoms. The lowest BCUT2D eigenvalue weighted by atomic mass is 9.83. The predicted molar refractivity (Wildman–Crippen MR) is 185 cm³/mol. The molecule has 15 heteroatoms. The van der Waals surface area contributed by atoms with E-state index in [1.807, 2.05) is 6.07 Å². The molecule has 0 aromatic heterocycles. The smallest absolute Gasteiger partial charge is 0.408 e. The molecule has 0 aliphatic heterocycles. The van der Waals surface area contributed by atoms with Crippen molar-refractivity contribution in [2.45, 2.75) is 134 Å². The number of hydrogen-bond acceptors (Lipinski definition) is 9. The average Bonchev–Trinajstić information content (AvgIpc) is 3.01. The highest BCUT2D eigenvalue weighted by Gasteiger charge is 2.33. The van der Waals surface area contributed by atoms with E-state index in [9.17, 15) is 37.8 Å². The Kier molecular flexibility index (Phi) is 17.5. The third kappa shape index (κ3) is 17.3. The lowest BCUT2D eigenvalue weighted by molar-refractivity contribution is -0.131. The zero-order chi connectivity index (χ0) is 36.6. The van der Waals surface area contributed by atoms with Crippen LogP contribution in [0.25, 0.3) is 0 Å². The van der Waals surface area contributed by atoms with E-state index in [0.717, 1.165) is 37.7 Å². The Balaban J connectivity index is 2.26. The van der Waals surface area contributed by atoms with Gasteiger partial charge in [0.25, 0.3) is 0 Å². The number of benzene rings is 1. The van der Waals surface area contributed by atoms with Crippen molar-refractivity contribution in [3.63, 3.8) is 0 Å². The molecule has 2 rings (SSSR count). The summed E-state index contributed by atoms with van der Waals surface area (Å²) in [6, 6.07) is 5.72. The monoisotopic (exact) mass is 711 g/mol. The lowest BCUT2D eigenvalue weighted by Crippen LogP contribution is -2.57. The predicted octanol–water partition coefficient (Wildman–Crippen LogP) is 1.77. The van der Waals surface area contributed by atoms with Crippen molar-refractivity contribution >= 4 is 33.8 Å². The zero-order valence-electron chi connectivity index (χ0n) is 29.3. The van der Waals surface area contributed by atoms with Crippen molar-refractivity contribution in [1.82, 2.24) is 20.7 Å². The summed E-state index contributed by atoms with van der Waals surface area (Å²) >= 11 is 0. The van der Waals surface area contributed by atoms with Crippen molar-refractivity contribution in [2.75, 3.05) is 12.3 Å². The number of ether oxygens (including phenoxy) is 1. The van der Waals surface area contributed by atoms with Crippen LogP contribution in [-0.2, 0) is 35.6 Å². The van der Waals surface area contributed by atoms with E-state index in [-0.39, 0.29) is 43.9 Å². The molecule has 1 aliphatic carbocycles. The number of nitrogens with one attached hydrogen (secondary N) is 4. The van der Waals surface area contributed by atoms with Crippen LogP contribution in [0.15, 0.2) is 30.3 Å². The summed E-state index contributed by atoms with van der Waals surface area (Å²) in [5, 5.41) is 29.9. The van der Waals surface area contributed by atoms with Crippen LogP contribution in [0, 0.1) is 5.92 Å². The number of alkyl carbamates (subject to hydrolysis) is 1. The molecule has 0 unspecified atom stereocenters. The molecule has 0 radical (unpaired) electrons. The largest absolute Gasteiger partial charge is 0.444 e. The van der Waals surface area contributed by atoms with Crippen LogP contribution in [0.2, 0.25) is 0 Å². The lowest BCUT2D eigenvalue weighted by Gasteiger charge is -2.32. The van der Waals surface area contributed by atoms with Gasteiger partial charge in [0.05, 0.1) is 24.0 Å². The third-order valence-corrected chi connectivity index (χ3v) is 9.78. The molecule has 0 bridgehead atoms. The Bertz CT molecular complexity index is 1300. The first-order valence-corrected chi connectivity index (χ1v) is 18.9. The van der Waals surface area contributed by atoms with Crippen LogP contribution in [0.4, 0.5) is 4.79 Å². The number of carbonyl (C=O) groups excluding carboxylic acids is 4. The standard InChI is InChI=1S/C34H57N5O9S/c1-5-18-49(46,47)36-22-25(40)21-29(41)27(19-23-12-8-6-9-13-23)38-31(43)26(16-17-30(35)42)37-32(44)28(20-24-14-10-7-11-15-24)39-33(45)48-34(2,3)4/h7,10-11,14-15,23,25-29,36,40-41H,5-6,8-9,12-13,16-22H2,1-4H3,(H2,35,42)(H,37,44)(H,38,43)(H,39,45)/t25-,26-,27-,28-,29-/m0/s1. The summed E-state index contributed by atoms with van der Waals surface area (Å²) in [6.07, 6.45) is 1.90. The first-order chi connectivity index (χ1) is 23.0. The normalized spacial score (nSPS) is 17.2. The third-order valence-electron chi connectivity index (χ3n) is 8.23. The number of sulfonamides is 1. The molecule has 1 fully saturated rings. The van der Waals surface area contributed by atoms with Gasteiger partial charge in [-0.15, -0.1) is 0 Å². The van der Waals surface area contributed by atoms with Crippen LogP contribution < -0.4 is 26.4 Å². The molecule has 1 aromatic carbocycles. The molecule has 1 aliphatic rings. The van der Waals surface area contributed by atoms with Crippen LogP contribution in [0.3, 0.4) is 0 Å². The van der Waals surface area contributed by atoms with Crippen LogP contribution in [0.1, 0.15) is 97.5 Å². The molecule has 14 nitrogen and oxygen atoms in total. The molecular formula is C34H57N5O9S. The number of amides is 4. The second-order valence-electron chi connectivity index (χ2n) is 13.9. The minimum Gasteiger partial charge on any atom is -0.444 e. The van der Waals surface area contributed by atoms with Crippen molar-refractivity contribution < 1.29 is 42.5 Å². The number of aliphatic hydroxyl groups excluding tert-OH is 2. The van der Waals surface area contributed by atoms with Crippen molar-refractivity contribution in [1.29, 1.82) is 0 Å². The Labute approximate surface area is 290 Å². The first kappa shape index (κ1) is 41.9. The molecular weight excluding hydrogens is 654 g/mol. The zero-order valence-corrected chi connectivity index (χ0v) is 30.1. The number of primary amides is 1. The maximum Gasteiger partial charge on any atom is 0.408 e. The van der Waals surface area contributed by atoms with Crippen molar-refractivity contribution in [3.05, 3.63) is 35.9 Å². The van der Waals surface area contributed by atoms with Gasteiger partial charge in [-0.2, -0.15) is 0 Å². The summed E-state index contributed by atoms with van der Waals surface area (Å²) in [4.78, 5) is 51.9. The SMILES string of the molecule is CCCS(=O)(=O)NC[C@@H](O)C[C@H](O)[C@H](CC1CCCCC1)NC(=O)[C@H](CCC(N)=O)NC(=O)[C@H](Cc1ccccc1)NC(=O)OC(C)(C)C. The maximum absolute atomic E-state index is 13.8.